The number of nitrogens with zero attached hydrogens (tertiary/aromatic N) is 2. The van der Waals surface area contributed by atoms with E-state index in [-0.39, 0.29) is 19.8 Å². The lowest BCUT2D eigenvalue weighted by Crippen LogP contribution is -2.21. The molecule has 5 nitrogen and oxygen atoms in total. The second-order valence-corrected chi connectivity index (χ2v) is 4.90. The molecular weight excluding hydrogens is 294 g/mol. The molecule has 0 aliphatic carbocycles. The fourth-order valence-electron chi connectivity index (χ4n) is 2.17. The largest absolute Gasteiger partial charge is 0.467 e. The van der Waals surface area contributed by atoms with E-state index in [2.05, 4.69) is 4.98 Å². The molecule has 3 rings (SSSR count). The van der Waals surface area contributed by atoms with Crippen LogP contribution in [0.1, 0.15) is 5.76 Å². The van der Waals surface area contributed by atoms with Crippen LogP contribution >= 0.6 is 0 Å². The van der Waals surface area contributed by atoms with Crippen LogP contribution in [0.5, 0.6) is 0 Å². The van der Waals surface area contributed by atoms with E-state index in [1.54, 1.807) is 23.0 Å². The summed E-state index contributed by atoms with van der Waals surface area (Å²) < 4.78 is 38.4. The summed E-state index contributed by atoms with van der Waals surface area (Å²) in [6.45, 7) is 0.512. The van der Waals surface area contributed by atoms with Gasteiger partial charge in [0.1, 0.15) is 12.4 Å². The Balaban J connectivity index is 1.61. The van der Waals surface area contributed by atoms with Gasteiger partial charge in [-0.3, -0.25) is 0 Å². The van der Waals surface area contributed by atoms with Crippen LogP contribution in [0.25, 0.3) is 11.0 Å². The van der Waals surface area contributed by atoms with E-state index in [9.17, 15) is 13.9 Å². The SMILES string of the molecule is OC(COCc1ccco1)Cn1cnc2cc(F)c(F)cc21. The van der Waals surface area contributed by atoms with Gasteiger partial charge < -0.3 is 18.8 Å². The van der Waals surface area contributed by atoms with Gasteiger partial charge in [-0.05, 0) is 12.1 Å². The summed E-state index contributed by atoms with van der Waals surface area (Å²) in [7, 11) is 0. The molecule has 1 atom stereocenters. The highest BCUT2D eigenvalue weighted by Gasteiger charge is 2.12. The van der Waals surface area contributed by atoms with Gasteiger partial charge in [-0.1, -0.05) is 0 Å². The zero-order valence-corrected chi connectivity index (χ0v) is 11.6. The third-order valence-corrected chi connectivity index (χ3v) is 3.21. The molecule has 0 bridgehead atoms. The fourth-order valence-corrected chi connectivity index (χ4v) is 2.17. The zero-order valence-electron chi connectivity index (χ0n) is 11.6. The van der Waals surface area contributed by atoms with E-state index in [0.717, 1.165) is 12.1 Å². The molecule has 2 aromatic heterocycles. The number of aliphatic hydroxyl groups is 1. The number of hydrogen-bond acceptors (Lipinski definition) is 4. The molecule has 0 saturated carbocycles. The van der Waals surface area contributed by atoms with E-state index in [4.69, 9.17) is 9.15 Å². The number of furan rings is 1. The van der Waals surface area contributed by atoms with Crippen molar-refractivity contribution in [2.45, 2.75) is 19.3 Å². The molecule has 1 unspecified atom stereocenters. The zero-order chi connectivity index (χ0) is 15.5. The third-order valence-electron chi connectivity index (χ3n) is 3.21. The van der Waals surface area contributed by atoms with Crippen molar-refractivity contribution >= 4 is 11.0 Å². The average Bonchev–Trinajstić information content (AvgIpc) is 3.11. The predicted octanol–water partition coefficient (Wildman–Crippen LogP) is 2.49. The molecule has 0 spiro atoms. The van der Waals surface area contributed by atoms with Crippen molar-refractivity contribution < 1.29 is 23.0 Å². The highest BCUT2D eigenvalue weighted by molar-refractivity contribution is 5.75. The molecule has 1 aromatic carbocycles. The summed E-state index contributed by atoms with van der Waals surface area (Å²) >= 11 is 0. The van der Waals surface area contributed by atoms with Crippen molar-refractivity contribution in [3.05, 3.63) is 54.3 Å². The maximum atomic E-state index is 13.3. The van der Waals surface area contributed by atoms with Crippen LogP contribution in [0, 0.1) is 11.6 Å². The molecule has 7 heteroatoms. The molecule has 0 fully saturated rings. The topological polar surface area (TPSA) is 60.4 Å². The number of halogens is 2. The number of benzene rings is 1. The van der Waals surface area contributed by atoms with Crippen molar-refractivity contribution in [1.29, 1.82) is 0 Å². The highest BCUT2D eigenvalue weighted by atomic mass is 19.2. The Morgan fingerprint density at radius 1 is 1.32 bits per heavy atom. The Morgan fingerprint density at radius 3 is 2.91 bits per heavy atom. The van der Waals surface area contributed by atoms with E-state index in [1.807, 2.05) is 0 Å². The smallest absolute Gasteiger partial charge is 0.161 e. The molecule has 0 radical (unpaired) electrons. The van der Waals surface area contributed by atoms with Crippen molar-refractivity contribution in [3.8, 4) is 0 Å². The van der Waals surface area contributed by atoms with Crippen molar-refractivity contribution in [2.75, 3.05) is 6.61 Å². The van der Waals surface area contributed by atoms with Gasteiger partial charge >= 0.3 is 0 Å². The molecule has 0 saturated heterocycles. The second-order valence-electron chi connectivity index (χ2n) is 4.90. The number of aromatic nitrogens is 2. The molecule has 116 valence electrons. The minimum atomic E-state index is -0.946. The van der Waals surface area contributed by atoms with Crippen LogP contribution in [-0.4, -0.2) is 27.4 Å². The lowest BCUT2D eigenvalue weighted by Gasteiger charge is -2.12. The minimum Gasteiger partial charge on any atom is -0.467 e. The van der Waals surface area contributed by atoms with Gasteiger partial charge in [-0.15, -0.1) is 0 Å². The Bertz CT molecular complexity index is 756. The van der Waals surface area contributed by atoms with Gasteiger partial charge in [0.05, 0.1) is 42.9 Å². The fraction of sp³-hybridized carbons (Fsp3) is 0.267. The van der Waals surface area contributed by atoms with Gasteiger partial charge in [-0.25, -0.2) is 13.8 Å². The number of imidazole rings is 1. The number of aliphatic hydroxyl groups excluding tert-OH is 1. The molecule has 2 heterocycles. The van der Waals surface area contributed by atoms with Crippen molar-refractivity contribution in [2.24, 2.45) is 0 Å². The van der Waals surface area contributed by atoms with Gasteiger partial charge in [0, 0.05) is 12.1 Å². The standard InChI is InChI=1S/C15H14F2N2O3/c16-12-4-14-15(5-13(12)17)19(9-18-14)6-10(20)7-21-8-11-2-1-3-22-11/h1-5,9-10,20H,6-8H2. The van der Waals surface area contributed by atoms with Gasteiger partial charge in [0.15, 0.2) is 11.6 Å². The Labute approximate surface area is 124 Å². The second kappa shape index (κ2) is 6.25. The van der Waals surface area contributed by atoms with Gasteiger partial charge in [-0.2, -0.15) is 0 Å². The maximum Gasteiger partial charge on any atom is 0.161 e. The number of ether oxygens (including phenoxy) is 1. The number of rotatable bonds is 6. The maximum absolute atomic E-state index is 13.3. The summed E-state index contributed by atoms with van der Waals surface area (Å²) in [4.78, 5) is 3.98. The quantitative estimate of drug-likeness (QED) is 0.760. The van der Waals surface area contributed by atoms with Gasteiger partial charge in [0.25, 0.3) is 0 Å². The normalized spacial score (nSPS) is 12.9. The molecule has 22 heavy (non-hydrogen) atoms. The first-order valence-corrected chi connectivity index (χ1v) is 6.71. The first-order chi connectivity index (χ1) is 10.6. The highest BCUT2D eigenvalue weighted by Crippen LogP contribution is 2.17. The first-order valence-electron chi connectivity index (χ1n) is 6.71. The first kappa shape index (κ1) is 14.7. The molecule has 0 amide bonds. The number of fused-ring (bicyclic) bond motifs is 1. The molecule has 0 aliphatic rings. The Hall–Kier alpha value is -2.25. The van der Waals surface area contributed by atoms with Crippen molar-refractivity contribution in [3.63, 3.8) is 0 Å². The predicted molar refractivity (Wildman–Crippen MR) is 74.0 cm³/mol. The Morgan fingerprint density at radius 2 is 2.14 bits per heavy atom. The van der Waals surface area contributed by atoms with Crippen molar-refractivity contribution in [1.82, 2.24) is 9.55 Å². The summed E-state index contributed by atoms with van der Waals surface area (Å²) in [5, 5.41) is 9.96. The third kappa shape index (κ3) is 3.15. The molecule has 1 N–H and O–H groups in total. The van der Waals surface area contributed by atoms with E-state index < -0.39 is 17.7 Å². The van der Waals surface area contributed by atoms with Crippen LogP contribution in [0.4, 0.5) is 8.78 Å². The van der Waals surface area contributed by atoms with Crippen LogP contribution < -0.4 is 0 Å². The summed E-state index contributed by atoms with van der Waals surface area (Å²) in [6, 6.07) is 5.61. The Kier molecular flexibility index (Phi) is 4.17. The van der Waals surface area contributed by atoms with Crippen LogP contribution in [0.2, 0.25) is 0 Å². The lowest BCUT2D eigenvalue weighted by atomic mass is 10.3. The van der Waals surface area contributed by atoms with E-state index in [1.165, 1.54) is 6.33 Å². The van der Waals surface area contributed by atoms with E-state index >= 15 is 0 Å². The van der Waals surface area contributed by atoms with Crippen LogP contribution in [0.3, 0.4) is 0 Å². The van der Waals surface area contributed by atoms with Gasteiger partial charge in [0.2, 0.25) is 0 Å². The molecule has 3 aromatic rings. The lowest BCUT2D eigenvalue weighted by molar-refractivity contribution is 0.0151. The molecule has 0 aliphatic heterocycles. The van der Waals surface area contributed by atoms with E-state index in [0.29, 0.717) is 16.8 Å². The van der Waals surface area contributed by atoms with Crippen LogP contribution in [0.15, 0.2) is 41.3 Å². The summed E-state index contributed by atoms with van der Waals surface area (Å²) in [5.74, 6) is -1.23. The van der Waals surface area contributed by atoms with Crippen LogP contribution in [-0.2, 0) is 17.9 Å². The monoisotopic (exact) mass is 308 g/mol. The molecular formula is C15H14F2N2O3. The minimum absolute atomic E-state index is 0.0874. The summed E-state index contributed by atoms with van der Waals surface area (Å²) in [6.07, 6.45) is 2.17. The number of hydrogen-bond donors (Lipinski definition) is 1. The summed E-state index contributed by atoms with van der Waals surface area (Å²) in [5.41, 5.74) is 0.756. The average molecular weight is 308 g/mol.